The van der Waals surface area contributed by atoms with Gasteiger partial charge in [0.05, 0.1) is 13.0 Å². The molecule has 174 valence electrons. The molecule has 6 nitrogen and oxygen atoms in total. The van der Waals surface area contributed by atoms with E-state index in [2.05, 4.69) is 22.9 Å². The van der Waals surface area contributed by atoms with E-state index in [1.165, 1.54) is 13.2 Å². The highest BCUT2D eigenvalue weighted by Crippen LogP contribution is 2.38. The Balaban J connectivity index is 1.73. The van der Waals surface area contributed by atoms with Gasteiger partial charge in [-0.25, -0.2) is 4.98 Å². The highest BCUT2D eigenvalue weighted by atomic mass is 32.1. The number of phenolic OH excluding ortho intramolecular Hbond substituents is 1. The van der Waals surface area contributed by atoms with Gasteiger partial charge in [0.2, 0.25) is 17.7 Å². The van der Waals surface area contributed by atoms with Crippen molar-refractivity contribution in [3.8, 4) is 34.2 Å². The third-order valence-corrected chi connectivity index (χ3v) is 5.94. The number of carbonyl (C=O) groups excluding carboxylic acids is 1. The maximum atomic E-state index is 13.5. The number of carbonyl (C=O) groups is 1. The van der Waals surface area contributed by atoms with Crippen LogP contribution in [0.1, 0.15) is 31.2 Å². The third kappa shape index (κ3) is 4.94. The Morgan fingerprint density at radius 1 is 1.12 bits per heavy atom. The summed E-state index contributed by atoms with van der Waals surface area (Å²) in [5.74, 6) is 0.279. The molecule has 0 saturated heterocycles. The molecule has 1 amide bonds. The van der Waals surface area contributed by atoms with E-state index < -0.39 is 5.92 Å². The molecule has 4 rings (SSSR count). The second kappa shape index (κ2) is 10.5. The van der Waals surface area contributed by atoms with Crippen molar-refractivity contribution >= 4 is 24.4 Å². The number of hydrogen-bond acceptors (Lipinski definition) is 6. The molecule has 0 aliphatic heterocycles. The van der Waals surface area contributed by atoms with Crippen LogP contribution < -0.4 is 10.1 Å². The Morgan fingerprint density at radius 3 is 2.53 bits per heavy atom. The van der Waals surface area contributed by atoms with Gasteiger partial charge in [0.1, 0.15) is 17.2 Å². The number of ether oxygens (including phenoxy) is 1. The average Bonchev–Trinajstić information content (AvgIpc) is 3.27. The standard InChI is InChI=1S/C27H26N2O4S/c1-3-9-20(19-15-14-18(32-2)16-22(19)30)25(31)29-27-24(21-12-7-8-13-23(21)34)28-26(33-27)17-10-5-4-6-11-17/h4-8,10-16,20,30,34H,3,9H2,1-2H3,(H,29,31). The Morgan fingerprint density at radius 2 is 1.85 bits per heavy atom. The maximum absolute atomic E-state index is 13.5. The molecule has 0 radical (unpaired) electrons. The molecule has 0 saturated carbocycles. The summed E-state index contributed by atoms with van der Waals surface area (Å²) in [4.78, 5) is 18.9. The van der Waals surface area contributed by atoms with Crippen molar-refractivity contribution < 1.29 is 19.1 Å². The zero-order valence-electron chi connectivity index (χ0n) is 19.0. The van der Waals surface area contributed by atoms with Gasteiger partial charge < -0.3 is 14.3 Å². The molecule has 0 bridgehead atoms. The van der Waals surface area contributed by atoms with Gasteiger partial charge in [0, 0.05) is 27.7 Å². The second-order valence-electron chi connectivity index (χ2n) is 7.84. The van der Waals surface area contributed by atoms with Gasteiger partial charge in [-0.05, 0) is 30.7 Å². The SMILES string of the molecule is CCCC(C(=O)Nc1oc(-c2ccccc2)nc1-c1ccccc1S)c1ccc(OC)cc1O. The minimum atomic E-state index is -0.583. The highest BCUT2D eigenvalue weighted by Gasteiger charge is 2.27. The fourth-order valence-corrected chi connectivity index (χ4v) is 4.09. The molecule has 1 aromatic heterocycles. The first-order valence-corrected chi connectivity index (χ1v) is 11.5. The van der Waals surface area contributed by atoms with Gasteiger partial charge in [-0.1, -0.05) is 55.8 Å². The molecule has 4 aromatic rings. The molecule has 2 N–H and O–H groups in total. The molecule has 0 spiro atoms. The number of aromatic hydroxyl groups is 1. The fraction of sp³-hybridized carbons (Fsp3) is 0.185. The number of oxazole rings is 1. The first kappa shape index (κ1) is 23.4. The Kier molecular flexibility index (Phi) is 7.23. The molecule has 34 heavy (non-hydrogen) atoms. The Hall–Kier alpha value is -3.71. The summed E-state index contributed by atoms with van der Waals surface area (Å²) >= 11 is 4.57. The van der Waals surface area contributed by atoms with Gasteiger partial charge in [-0.2, -0.15) is 0 Å². The third-order valence-electron chi connectivity index (χ3n) is 5.55. The summed E-state index contributed by atoms with van der Waals surface area (Å²) in [5, 5.41) is 13.5. The molecule has 7 heteroatoms. The molecule has 0 fully saturated rings. The second-order valence-corrected chi connectivity index (χ2v) is 8.32. The Bertz CT molecular complexity index is 1290. The molecule has 3 aromatic carbocycles. The predicted molar refractivity (Wildman–Crippen MR) is 136 cm³/mol. The summed E-state index contributed by atoms with van der Waals surface area (Å²) < 4.78 is 11.2. The average molecular weight is 475 g/mol. The number of phenols is 1. The molecule has 1 heterocycles. The molecule has 1 unspecified atom stereocenters. The molecule has 0 aliphatic carbocycles. The van der Waals surface area contributed by atoms with Crippen LogP contribution in [-0.4, -0.2) is 23.1 Å². The number of hydrogen-bond donors (Lipinski definition) is 3. The van der Waals surface area contributed by atoms with Crippen LogP contribution in [-0.2, 0) is 4.79 Å². The largest absolute Gasteiger partial charge is 0.508 e. The van der Waals surface area contributed by atoms with E-state index in [4.69, 9.17) is 9.15 Å². The predicted octanol–water partition coefficient (Wildman–Crippen LogP) is 6.53. The fourth-order valence-electron chi connectivity index (χ4n) is 3.83. The van der Waals surface area contributed by atoms with Gasteiger partial charge in [-0.15, -0.1) is 12.6 Å². The van der Waals surface area contributed by atoms with E-state index >= 15 is 0 Å². The van der Waals surface area contributed by atoms with E-state index in [1.54, 1.807) is 12.1 Å². The smallest absolute Gasteiger partial charge is 0.234 e. The maximum Gasteiger partial charge on any atom is 0.234 e. The topological polar surface area (TPSA) is 84.6 Å². The molecular formula is C27H26N2O4S. The summed E-state index contributed by atoms with van der Waals surface area (Å²) in [7, 11) is 1.53. The first-order valence-electron chi connectivity index (χ1n) is 11.0. The van der Waals surface area contributed by atoms with E-state index in [-0.39, 0.29) is 17.5 Å². The van der Waals surface area contributed by atoms with Crippen LogP contribution in [0, 0.1) is 0 Å². The number of methoxy groups -OCH3 is 1. The first-order chi connectivity index (χ1) is 16.5. The van der Waals surface area contributed by atoms with Gasteiger partial charge in [0.25, 0.3) is 0 Å². The Labute approximate surface area is 204 Å². The minimum Gasteiger partial charge on any atom is -0.508 e. The quantitative estimate of drug-likeness (QED) is 0.253. The van der Waals surface area contributed by atoms with Crippen LogP contribution in [0.15, 0.2) is 82.1 Å². The molecule has 1 atom stereocenters. The lowest BCUT2D eigenvalue weighted by Gasteiger charge is -2.18. The van der Waals surface area contributed by atoms with E-state index in [0.717, 1.165) is 17.5 Å². The normalized spacial score (nSPS) is 11.7. The zero-order valence-corrected chi connectivity index (χ0v) is 19.9. The van der Waals surface area contributed by atoms with Crippen molar-refractivity contribution in [1.82, 2.24) is 4.98 Å². The van der Waals surface area contributed by atoms with E-state index in [0.29, 0.717) is 34.2 Å². The van der Waals surface area contributed by atoms with Crippen LogP contribution in [0.3, 0.4) is 0 Å². The highest BCUT2D eigenvalue weighted by molar-refractivity contribution is 7.80. The number of amides is 1. The number of thiol groups is 1. The van der Waals surface area contributed by atoms with Crippen molar-refractivity contribution in [2.75, 3.05) is 12.4 Å². The van der Waals surface area contributed by atoms with Crippen LogP contribution in [0.2, 0.25) is 0 Å². The van der Waals surface area contributed by atoms with E-state index in [1.807, 2.05) is 61.5 Å². The minimum absolute atomic E-state index is 0.0106. The monoisotopic (exact) mass is 474 g/mol. The summed E-state index contributed by atoms with van der Waals surface area (Å²) in [6.07, 6.45) is 1.30. The number of rotatable bonds is 8. The number of benzene rings is 3. The number of anilines is 1. The van der Waals surface area contributed by atoms with Crippen molar-refractivity contribution in [2.45, 2.75) is 30.6 Å². The summed E-state index contributed by atoms with van der Waals surface area (Å²) in [5.41, 5.74) is 2.55. The van der Waals surface area contributed by atoms with Gasteiger partial charge in [-0.3, -0.25) is 10.1 Å². The lowest BCUT2D eigenvalue weighted by atomic mass is 9.92. The van der Waals surface area contributed by atoms with Crippen molar-refractivity contribution in [2.24, 2.45) is 0 Å². The molecule has 0 aliphatic rings. The summed E-state index contributed by atoms with van der Waals surface area (Å²) in [6, 6.07) is 21.9. The van der Waals surface area contributed by atoms with Gasteiger partial charge >= 0.3 is 0 Å². The number of aromatic nitrogens is 1. The van der Waals surface area contributed by atoms with Crippen LogP contribution in [0.4, 0.5) is 5.88 Å². The van der Waals surface area contributed by atoms with Crippen LogP contribution >= 0.6 is 12.6 Å². The van der Waals surface area contributed by atoms with Crippen molar-refractivity contribution in [3.05, 3.63) is 78.4 Å². The zero-order chi connectivity index (χ0) is 24.1. The van der Waals surface area contributed by atoms with E-state index in [9.17, 15) is 9.90 Å². The lowest BCUT2D eigenvalue weighted by Crippen LogP contribution is -2.21. The summed E-state index contributed by atoms with van der Waals surface area (Å²) in [6.45, 7) is 1.99. The van der Waals surface area contributed by atoms with Gasteiger partial charge in [0.15, 0.2) is 0 Å². The lowest BCUT2D eigenvalue weighted by molar-refractivity contribution is -0.117. The number of nitrogens with one attached hydrogen (secondary N) is 1. The van der Waals surface area contributed by atoms with Crippen LogP contribution in [0.25, 0.3) is 22.7 Å². The van der Waals surface area contributed by atoms with Crippen LogP contribution in [0.5, 0.6) is 11.5 Å². The van der Waals surface area contributed by atoms with Crippen molar-refractivity contribution in [3.63, 3.8) is 0 Å². The van der Waals surface area contributed by atoms with Crippen molar-refractivity contribution in [1.29, 1.82) is 0 Å². The molecular weight excluding hydrogens is 448 g/mol. The number of nitrogens with zero attached hydrogens (tertiary/aromatic N) is 1.